The number of fused-ring (bicyclic) bond motifs is 5. The monoisotopic (exact) mass is 840 g/mol. The molecule has 5 heteroatoms. The van der Waals surface area contributed by atoms with E-state index in [2.05, 4.69) is 106 Å². The average Bonchev–Trinajstić information content (AvgIpc) is 3.81. The molecule has 0 aromatic heterocycles. The maximum absolute atomic E-state index is 5.94. The molecule has 0 spiro atoms. The fourth-order valence-corrected chi connectivity index (χ4v) is 6.07. The van der Waals surface area contributed by atoms with Gasteiger partial charge in [-0.2, -0.15) is 29.8 Å². The van der Waals surface area contributed by atoms with Gasteiger partial charge in [-0.05, 0) is 28.4 Å². The van der Waals surface area contributed by atoms with Gasteiger partial charge in [-0.15, -0.1) is 126 Å². The molecule has 6 aromatic carbocycles. The van der Waals surface area contributed by atoms with Crippen molar-refractivity contribution in [2.75, 3.05) is 0 Å². The molecule has 0 aliphatic heterocycles. The van der Waals surface area contributed by atoms with Crippen LogP contribution in [0.4, 0.5) is 0 Å². The molecule has 0 nitrogen and oxygen atoms in total. The summed E-state index contributed by atoms with van der Waals surface area (Å²) in [6, 6.07) is 44.7. The van der Waals surface area contributed by atoms with E-state index in [1.54, 1.807) is 0 Å². The second kappa shape index (κ2) is 21.2. The van der Waals surface area contributed by atoms with Gasteiger partial charge in [0.1, 0.15) is 0 Å². The van der Waals surface area contributed by atoms with Crippen LogP contribution in [0.2, 0.25) is 10.0 Å². The van der Waals surface area contributed by atoms with Gasteiger partial charge >= 0.3 is 28.4 Å². The predicted molar refractivity (Wildman–Crippen MR) is 230 cm³/mol. The molecule has 2 aliphatic rings. The van der Waals surface area contributed by atoms with Crippen LogP contribution in [0, 0.1) is 24.3 Å². The van der Waals surface area contributed by atoms with Crippen LogP contribution >= 0.6 is 48.0 Å². The number of allylic oxidation sites excluding steroid dienone is 4. The van der Waals surface area contributed by atoms with Gasteiger partial charge in [0, 0.05) is 10.0 Å². The van der Waals surface area contributed by atoms with Crippen LogP contribution < -0.4 is 0 Å². The molecule has 0 amide bonds. The number of hydrogen-bond acceptors (Lipinski definition) is 0. The molecule has 0 bridgehead atoms. The van der Waals surface area contributed by atoms with Crippen molar-refractivity contribution in [2.24, 2.45) is 0 Å². The van der Waals surface area contributed by atoms with Crippen LogP contribution in [0.1, 0.15) is 70.2 Å². The normalized spacial score (nSPS) is 11.8. The summed E-state index contributed by atoms with van der Waals surface area (Å²) in [5.74, 6) is 0. The minimum absolute atomic E-state index is 0. The Morgan fingerprint density at radius 2 is 1.21 bits per heavy atom. The van der Waals surface area contributed by atoms with E-state index in [1.165, 1.54) is 57.6 Å². The van der Waals surface area contributed by atoms with Gasteiger partial charge in [-0.25, -0.2) is 12.2 Å². The molecule has 52 heavy (non-hydrogen) atoms. The quantitative estimate of drug-likeness (QED) is 0.133. The summed E-state index contributed by atoms with van der Waals surface area (Å²) in [7, 11) is 0. The van der Waals surface area contributed by atoms with Crippen molar-refractivity contribution in [3.05, 3.63) is 178 Å². The van der Waals surface area contributed by atoms with E-state index < -0.39 is 0 Å². The summed E-state index contributed by atoms with van der Waals surface area (Å²) >= 11 is 13.2. The van der Waals surface area contributed by atoms with Gasteiger partial charge in [-0.3, -0.25) is 6.08 Å². The van der Waals surface area contributed by atoms with Crippen molar-refractivity contribution in [1.82, 2.24) is 0 Å². The van der Waals surface area contributed by atoms with Gasteiger partial charge in [0.25, 0.3) is 0 Å². The Morgan fingerprint density at radius 1 is 0.654 bits per heavy atom. The van der Waals surface area contributed by atoms with Crippen LogP contribution in [0.25, 0.3) is 32.7 Å². The molecule has 0 N–H and O–H groups in total. The Morgan fingerprint density at radius 3 is 1.65 bits per heavy atom. The standard InChI is InChI=1S/C21H25.2C10H6Cl.C5H5.CH2.2ClH.Zr/c1-20(2,3)16-7-9-18-14(12-16)11-15-13-17(21(4,5)6)8-10-19(15)18;2*11-10-7-3-5-8-4-1-2-6-9(8)10;1-2-4-5-3-1;;;;/h7-10,12H,11H2,1-6H3;2*1-3,5-7H;1-3H,4H2;1H2;2*1H;/q4*-1;;;;. The Hall–Kier alpha value is -2.77. The van der Waals surface area contributed by atoms with E-state index in [9.17, 15) is 0 Å². The van der Waals surface area contributed by atoms with Gasteiger partial charge in [0.05, 0.1) is 0 Å². The minimum atomic E-state index is 0. The van der Waals surface area contributed by atoms with E-state index in [0.29, 0.717) is 0 Å². The Labute approximate surface area is 349 Å². The summed E-state index contributed by atoms with van der Waals surface area (Å²) in [4.78, 5) is 0. The second-order valence-electron chi connectivity index (χ2n) is 14.1. The molecule has 6 aromatic rings. The van der Waals surface area contributed by atoms with Crippen molar-refractivity contribution in [2.45, 2.75) is 65.2 Å². The summed E-state index contributed by atoms with van der Waals surface area (Å²) < 4.78 is 3.34. The summed E-state index contributed by atoms with van der Waals surface area (Å²) in [5.41, 5.74) is 8.70. The predicted octanol–water partition coefficient (Wildman–Crippen LogP) is 14.4. The third-order valence-electron chi connectivity index (χ3n) is 8.35. The van der Waals surface area contributed by atoms with Gasteiger partial charge in [0.15, 0.2) is 0 Å². The van der Waals surface area contributed by atoms with Crippen molar-refractivity contribution in [3.63, 3.8) is 0 Å². The Balaban J connectivity index is 0.000000257. The first-order valence-electron chi connectivity index (χ1n) is 16.8. The first-order chi connectivity index (χ1) is 23.9. The van der Waals surface area contributed by atoms with Crippen LogP contribution in [-0.2, 0) is 41.5 Å². The topological polar surface area (TPSA) is 0 Å². The van der Waals surface area contributed by atoms with E-state index in [1.807, 2.05) is 84.9 Å². The molecule has 0 fully saturated rings. The third kappa shape index (κ3) is 12.4. The SMILES string of the molecule is CC(C)(C)c1[c-]c2c(cc1)-c1ccc(C(C)(C)C)cc1C2.Cl.Cl.Clc1cccc2[c-]cccc12.Clc1cccc2[c-]cccc12.[C-]1=CC=CC1.[CH2]=[Zr]. The Bertz CT molecular complexity index is 1940. The average molecular weight is 844 g/mol. The van der Waals surface area contributed by atoms with Gasteiger partial charge in [0.2, 0.25) is 0 Å². The summed E-state index contributed by atoms with van der Waals surface area (Å²) in [5, 5.41) is 5.85. The fraction of sp³-hybridized carbons (Fsp3) is 0.213. The number of benzene rings is 6. The van der Waals surface area contributed by atoms with Gasteiger partial charge in [-0.1, -0.05) is 111 Å². The molecule has 0 radical (unpaired) electrons. The first-order valence-corrected chi connectivity index (χ1v) is 19.3. The van der Waals surface area contributed by atoms with Crippen molar-refractivity contribution in [3.8, 4) is 11.1 Å². The van der Waals surface area contributed by atoms with Crippen molar-refractivity contribution < 1.29 is 24.2 Å². The van der Waals surface area contributed by atoms with E-state index in [4.69, 9.17) is 23.2 Å². The van der Waals surface area contributed by atoms with E-state index >= 15 is 0 Å². The van der Waals surface area contributed by atoms with E-state index in [0.717, 1.165) is 44.4 Å². The number of rotatable bonds is 0. The van der Waals surface area contributed by atoms with Crippen LogP contribution in [-0.4, -0.2) is 4.21 Å². The van der Waals surface area contributed by atoms with Crippen LogP contribution in [0.15, 0.2) is 121 Å². The molecule has 270 valence electrons. The zero-order valence-corrected chi connectivity index (χ0v) is 36.3. The summed E-state index contributed by atoms with van der Waals surface area (Å²) in [6.45, 7) is 13.6. The third-order valence-corrected chi connectivity index (χ3v) is 9.01. The van der Waals surface area contributed by atoms with E-state index in [-0.39, 0.29) is 35.6 Å². The van der Waals surface area contributed by atoms with Gasteiger partial charge < -0.3 is 0 Å². The fourth-order valence-electron chi connectivity index (χ4n) is 5.60. The van der Waals surface area contributed by atoms with Crippen molar-refractivity contribution >= 4 is 73.8 Å². The maximum atomic E-state index is 5.94. The second-order valence-corrected chi connectivity index (χ2v) is 14.9. The molecule has 0 atom stereocenters. The molecule has 0 heterocycles. The molecule has 2 aliphatic carbocycles. The molecule has 8 rings (SSSR count). The van der Waals surface area contributed by atoms with Crippen LogP contribution in [0.3, 0.4) is 0 Å². The van der Waals surface area contributed by atoms with Crippen molar-refractivity contribution in [1.29, 1.82) is 0 Å². The number of halogens is 4. The number of hydrogen-bond donors (Lipinski definition) is 0. The van der Waals surface area contributed by atoms with Crippen LogP contribution in [0.5, 0.6) is 0 Å². The summed E-state index contributed by atoms with van der Waals surface area (Å²) in [6.07, 6.45) is 11.0. The Kier molecular flexibility index (Phi) is 18.5. The zero-order valence-electron chi connectivity index (χ0n) is 30.7. The molecule has 0 saturated carbocycles. The molecule has 0 unspecified atom stereocenters. The zero-order chi connectivity index (χ0) is 36.3. The molecular formula is C47H46Cl4Zr-4. The molecule has 0 saturated heterocycles. The first kappa shape index (κ1) is 45.4. The molecular weight excluding hydrogens is 798 g/mol.